The number of hydrogen-bond donors (Lipinski definition) is 2. The van der Waals surface area contributed by atoms with Crippen molar-refractivity contribution in [2.45, 2.75) is 39.7 Å². The summed E-state index contributed by atoms with van der Waals surface area (Å²) in [5, 5.41) is 6.50. The molecule has 0 amide bonds. The maximum absolute atomic E-state index is 11.5. The van der Waals surface area contributed by atoms with Gasteiger partial charge < -0.3 is 10.6 Å². The van der Waals surface area contributed by atoms with E-state index in [0.717, 1.165) is 19.4 Å². The van der Waals surface area contributed by atoms with Gasteiger partial charge in [-0.15, -0.1) is 24.0 Å². The number of guanidine groups is 1. The fourth-order valence-corrected chi connectivity index (χ4v) is 2.75. The lowest BCUT2D eigenvalue weighted by Gasteiger charge is -2.18. The fourth-order valence-electron chi connectivity index (χ4n) is 2.09. The molecule has 0 spiro atoms. The highest BCUT2D eigenvalue weighted by Crippen LogP contribution is 2.04. The summed E-state index contributed by atoms with van der Waals surface area (Å²) in [7, 11) is -2.97. The number of rotatable bonds is 9. The van der Waals surface area contributed by atoms with Gasteiger partial charge in [0, 0.05) is 18.3 Å². The van der Waals surface area contributed by atoms with Crippen molar-refractivity contribution >= 4 is 39.8 Å². The van der Waals surface area contributed by atoms with E-state index < -0.39 is 9.84 Å². The van der Waals surface area contributed by atoms with E-state index in [-0.39, 0.29) is 48.1 Å². The topological polar surface area (TPSA) is 70.6 Å². The number of aliphatic imine (C=N–C) groups is 1. The molecule has 0 aliphatic carbocycles. The Balaban J connectivity index is 0.00000529. The Morgan fingerprint density at radius 1 is 1.21 bits per heavy atom. The summed E-state index contributed by atoms with van der Waals surface area (Å²) in [5.41, 5.74) is 1.32. The highest BCUT2D eigenvalue weighted by atomic mass is 127. The van der Waals surface area contributed by atoms with Crippen molar-refractivity contribution in [3.63, 3.8) is 0 Å². The lowest BCUT2D eigenvalue weighted by Crippen LogP contribution is -2.42. The smallest absolute Gasteiger partial charge is 0.191 e. The van der Waals surface area contributed by atoms with Gasteiger partial charge in [0.15, 0.2) is 15.8 Å². The fraction of sp³-hybridized carbons (Fsp3) is 0.588. The highest BCUT2D eigenvalue weighted by Gasteiger charge is 2.08. The van der Waals surface area contributed by atoms with Crippen molar-refractivity contribution in [1.29, 1.82) is 0 Å². The lowest BCUT2D eigenvalue weighted by molar-refractivity contribution is 0.591. The van der Waals surface area contributed by atoms with Gasteiger partial charge >= 0.3 is 0 Å². The molecule has 0 aromatic heterocycles. The van der Waals surface area contributed by atoms with E-state index in [1.165, 1.54) is 5.56 Å². The molecule has 0 bridgehead atoms. The number of benzene rings is 1. The number of halogens is 1. The van der Waals surface area contributed by atoms with Gasteiger partial charge in [-0.25, -0.2) is 8.42 Å². The standard InChI is InChI=1S/C17H29N3O2S.HI/c1-4-18-17(19-13-14-23(21,22)5-2)20-15(3)11-12-16-9-7-6-8-10-16;/h6-10,15H,4-5,11-14H2,1-3H3,(H2,18,19,20);1H. The summed E-state index contributed by atoms with van der Waals surface area (Å²) in [6, 6.07) is 10.6. The van der Waals surface area contributed by atoms with Crippen molar-refractivity contribution < 1.29 is 8.42 Å². The molecule has 0 saturated heterocycles. The van der Waals surface area contributed by atoms with E-state index in [1.54, 1.807) is 6.92 Å². The molecular formula is C17H30IN3O2S. The van der Waals surface area contributed by atoms with Crippen LogP contribution in [0.4, 0.5) is 0 Å². The Kier molecular flexibility index (Phi) is 12.1. The highest BCUT2D eigenvalue weighted by molar-refractivity contribution is 14.0. The summed E-state index contributed by atoms with van der Waals surface area (Å²) in [5.74, 6) is 0.942. The molecule has 7 heteroatoms. The molecule has 0 fully saturated rings. The van der Waals surface area contributed by atoms with Crippen LogP contribution in [0.2, 0.25) is 0 Å². The van der Waals surface area contributed by atoms with Crippen LogP contribution in [0.5, 0.6) is 0 Å². The largest absolute Gasteiger partial charge is 0.357 e. The van der Waals surface area contributed by atoms with E-state index in [2.05, 4.69) is 34.7 Å². The Hall–Kier alpha value is -0.830. The van der Waals surface area contributed by atoms with E-state index in [0.29, 0.717) is 5.96 Å². The van der Waals surface area contributed by atoms with Gasteiger partial charge in [0.1, 0.15) is 0 Å². The van der Waals surface area contributed by atoms with Crippen molar-refractivity contribution in [3.05, 3.63) is 35.9 Å². The van der Waals surface area contributed by atoms with Crippen LogP contribution in [0.1, 0.15) is 32.8 Å². The molecule has 2 N–H and O–H groups in total. The van der Waals surface area contributed by atoms with Crippen LogP contribution in [0.25, 0.3) is 0 Å². The van der Waals surface area contributed by atoms with Gasteiger partial charge in [0.05, 0.1) is 12.3 Å². The summed E-state index contributed by atoms with van der Waals surface area (Å²) in [4.78, 5) is 4.36. The van der Waals surface area contributed by atoms with Crippen molar-refractivity contribution in [2.24, 2.45) is 4.99 Å². The summed E-state index contributed by atoms with van der Waals surface area (Å²) < 4.78 is 23.0. The SMILES string of the molecule is CCNC(=NCCS(=O)(=O)CC)NC(C)CCc1ccccc1.I. The molecule has 0 saturated carbocycles. The molecular weight excluding hydrogens is 437 g/mol. The zero-order valence-electron chi connectivity index (χ0n) is 14.8. The summed E-state index contributed by atoms with van der Waals surface area (Å²) in [6.07, 6.45) is 1.99. The monoisotopic (exact) mass is 467 g/mol. The lowest BCUT2D eigenvalue weighted by atomic mass is 10.1. The van der Waals surface area contributed by atoms with Gasteiger partial charge in [0.2, 0.25) is 0 Å². The van der Waals surface area contributed by atoms with Crippen LogP contribution >= 0.6 is 24.0 Å². The first kappa shape index (κ1) is 23.2. The minimum absolute atomic E-state index is 0. The minimum atomic E-state index is -2.97. The predicted molar refractivity (Wildman–Crippen MR) is 113 cm³/mol. The minimum Gasteiger partial charge on any atom is -0.357 e. The molecule has 0 radical (unpaired) electrons. The number of nitrogens with zero attached hydrogens (tertiary/aromatic N) is 1. The average molecular weight is 467 g/mol. The Morgan fingerprint density at radius 3 is 2.46 bits per heavy atom. The van der Waals surface area contributed by atoms with Gasteiger partial charge in [-0.1, -0.05) is 37.3 Å². The molecule has 1 atom stereocenters. The first-order valence-electron chi connectivity index (χ1n) is 8.26. The predicted octanol–water partition coefficient (Wildman–Crippen LogP) is 2.62. The Morgan fingerprint density at radius 2 is 1.88 bits per heavy atom. The third kappa shape index (κ3) is 10.1. The Bertz CT molecular complexity index is 577. The number of aryl methyl sites for hydroxylation is 1. The zero-order valence-corrected chi connectivity index (χ0v) is 17.9. The third-order valence-corrected chi connectivity index (χ3v) is 5.23. The van der Waals surface area contributed by atoms with E-state index in [4.69, 9.17) is 0 Å². The number of hydrogen-bond acceptors (Lipinski definition) is 3. The quantitative estimate of drug-likeness (QED) is 0.333. The second-order valence-corrected chi connectivity index (χ2v) is 8.04. The van der Waals surface area contributed by atoms with E-state index in [1.807, 2.05) is 25.1 Å². The number of nitrogens with one attached hydrogen (secondary N) is 2. The normalized spacial score (nSPS) is 13.0. The molecule has 0 aliphatic heterocycles. The van der Waals surface area contributed by atoms with Crippen molar-refractivity contribution in [2.75, 3.05) is 24.6 Å². The molecule has 0 heterocycles. The molecule has 138 valence electrons. The summed E-state index contributed by atoms with van der Waals surface area (Å²) in [6.45, 7) is 6.80. The first-order chi connectivity index (χ1) is 11.0. The first-order valence-corrected chi connectivity index (χ1v) is 10.1. The summed E-state index contributed by atoms with van der Waals surface area (Å²) >= 11 is 0. The second-order valence-electron chi connectivity index (χ2n) is 5.57. The molecule has 1 aromatic carbocycles. The van der Waals surface area contributed by atoms with Crippen LogP contribution in [-0.4, -0.2) is 45.0 Å². The van der Waals surface area contributed by atoms with Crippen LogP contribution in [0, 0.1) is 0 Å². The Labute approximate surface area is 163 Å². The maximum atomic E-state index is 11.5. The van der Waals surface area contributed by atoms with Gasteiger partial charge in [-0.05, 0) is 32.3 Å². The average Bonchev–Trinajstić information content (AvgIpc) is 2.54. The molecule has 1 rings (SSSR count). The number of sulfone groups is 1. The molecule has 0 aliphatic rings. The van der Waals surface area contributed by atoms with Crippen LogP contribution in [0.3, 0.4) is 0 Å². The van der Waals surface area contributed by atoms with Gasteiger partial charge in [0.25, 0.3) is 0 Å². The van der Waals surface area contributed by atoms with Crippen molar-refractivity contribution in [3.8, 4) is 0 Å². The van der Waals surface area contributed by atoms with E-state index in [9.17, 15) is 8.42 Å². The second kappa shape index (κ2) is 12.5. The van der Waals surface area contributed by atoms with Crippen molar-refractivity contribution in [1.82, 2.24) is 10.6 Å². The molecule has 5 nitrogen and oxygen atoms in total. The maximum Gasteiger partial charge on any atom is 0.191 e. The molecule has 1 aromatic rings. The van der Waals surface area contributed by atoms with Crippen LogP contribution in [0.15, 0.2) is 35.3 Å². The van der Waals surface area contributed by atoms with Gasteiger partial charge in [-0.3, -0.25) is 4.99 Å². The molecule has 1 unspecified atom stereocenters. The van der Waals surface area contributed by atoms with E-state index >= 15 is 0 Å². The van der Waals surface area contributed by atoms with Gasteiger partial charge in [-0.2, -0.15) is 0 Å². The zero-order chi connectivity index (χ0) is 17.1. The van der Waals surface area contributed by atoms with Crippen LogP contribution in [-0.2, 0) is 16.3 Å². The third-order valence-electron chi connectivity index (χ3n) is 3.55. The molecule has 24 heavy (non-hydrogen) atoms. The van der Waals surface area contributed by atoms with Crippen LogP contribution < -0.4 is 10.6 Å².